The molecule has 0 radical (unpaired) electrons. The van der Waals surface area contributed by atoms with Crippen LogP contribution in [0.3, 0.4) is 0 Å². The van der Waals surface area contributed by atoms with Crippen molar-refractivity contribution >= 4 is 5.95 Å². The van der Waals surface area contributed by atoms with Crippen LogP contribution in [0.4, 0.5) is 5.95 Å². The molecule has 21 heavy (non-hydrogen) atoms. The van der Waals surface area contributed by atoms with Crippen molar-refractivity contribution in [3.8, 4) is 12.0 Å². The summed E-state index contributed by atoms with van der Waals surface area (Å²) in [7, 11) is 1.75. The molecule has 0 spiro atoms. The van der Waals surface area contributed by atoms with Gasteiger partial charge in [-0.1, -0.05) is 13.8 Å². The van der Waals surface area contributed by atoms with Crippen molar-refractivity contribution in [1.29, 1.82) is 0 Å². The molecule has 0 aromatic carbocycles. The molecule has 0 aliphatic carbocycles. The Balaban J connectivity index is 2.49. The van der Waals surface area contributed by atoms with Gasteiger partial charge in [0.2, 0.25) is 5.95 Å². The number of nitrogens with one attached hydrogen (secondary N) is 1. The zero-order valence-electron chi connectivity index (χ0n) is 13.1. The first kappa shape index (κ1) is 15.1. The molecular formula is C13H21N7O. The van der Waals surface area contributed by atoms with Crippen molar-refractivity contribution in [1.82, 2.24) is 29.7 Å². The Hall–Kier alpha value is -2.25. The van der Waals surface area contributed by atoms with Crippen molar-refractivity contribution < 1.29 is 4.74 Å². The van der Waals surface area contributed by atoms with Gasteiger partial charge in [-0.2, -0.15) is 19.6 Å². The second kappa shape index (κ2) is 6.47. The third-order valence-electron chi connectivity index (χ3n) is 2.71. The van der Waals surface area contributed by atoms with E-state index in [1.54, 1.807) is 11.7 Å². The van der Waals surface area contributed by atoms with E-state index >= 15 is 0 Å². The maximum Gasteiger partial charge on any atom is 0.323 e. The molecule has 8 heteroatoms. The molecular weight excluding hydrogens is 270 g/mol. The van der Waals surface area contributed by atoms with E-state index in [0.29, 0.717) is 11.9 Å². The summed E-state index contributed by atoms with van der Waals surface area (Å²) < 4.78 is 7.21. The predicted molar refractivity (Wildman–Crippen MR) is 78.8 cm³/mol. The van der Waals surface area contributed by atoms with E-state index in [2.05, 4.69) is 30.4 Å². The van der Waals surface area contributed by atoms with E-state index in [0.717, 1.165) is 24.5 Å². The smallest absolute Gasteiger partial charge is 0.323 e. The molecule has 0 fully saturated rings. The number of hydrogen-bond donors (Lipinski definition) is 1. The maximum atomic E-state index is 5.56. The van der Waals surface area contributed by atoms with Gasteiger partial charge in [-0.3, -0.25) is 0 Å². The summed E-state index contributed by atoms with van der Waals surface area (Å²) in [6, 6.07) is 0.273. The highest BCUT2D eigenvalue weighted by molar-refractivity contribution is 5.29. The highest BCUT2D eigenvalue weighted by Crippen LogP contribution is 2.13. The summed E-state index contributed by atoms with van der Waals surface area (Å²) in [5.41, 5.74) is 0. The van der Waals surface area contributed by atoms with Gasteiger partial charge in [0.25, 0.3) is 5.95 Å². The third kappa shape index (κ3) is 3.45. The van der Waals surface area contributed by atoms with Crippen LogP contribution in [0.5, 0.6) is 6.01 Å². The molecule has 8 nitrogen and oxygen atoms in total. The molecule has 0 saturated carbocycles. The van der Waals surface area contributed by atoms with E-state index in [-0.39, 0.29) is 12.1 Å². The van der Waals surface area contributed by atoms with E-state index < -0.39 is 0 Å². The topological polar surface area (TPSA) is 90.6 Å². The highest BCUT2D eigenvalue weighted by atomic mass is 16.5. The van der Waals surface area contributed by atoms with Crippen LogP contribution in [-0.2, 0) is 12.8 Å². The van der Waals surface area contributed by atoms with Gasteiger partial charge < -0.3 is 10.1 Å². The third-order valence-corrected chi connectivity index (χ3v) is 2.71. The first-order chi connectivity index (χ1) is 10.1. The van der Waals surface area contributed by atoms with Crippen LogP contribution in [0.15, 0.2) is 0 Å². The lowest BCUT2D eigenvalue weighted by atomic mass is 10.4. The van der Waals surface area contributed by atoms with Crippen LogP contribution in [0.25, 0.3) is 5.95 Å². The van der Waals surface area contributed by atoms with Crippen molar-refractivity contribution in [3.63, 3.8) is 0 Å². The molecule has 0 aliphatic rings. The molecule has 0 atom stereocenters. The summed E-state index contributed by atoms with van der Waals surface area (Å²) in [6.07, 6.45) is 1.49. The Bertz CT molecular complexity index is 609. The number of rotatable bonds is 6. The lowest BCUT2D eigenvalue weighted by Gasteiger charge is -2.10. The minimum atomic E-state index is -0.0162. The average Bonchev–Trinajstić information content (AvgIpc) is 2.89. The van der Waals surface area contributed by atoms with Gasteiger partial charge in [0.1, 0.15) is 5.82 Å². The number of nitrogens with zero attached hydrogens (tertiary/aromatic N) is 6. The first-order valence-corrected chi connectivity index (χ1v) is 7.13. The summed E-state index contributed by atoms with van der Waals surface area (Å²) >= 11 is 0. The quantitative estimate of drug-likeness (QED) is 0.860. The van der Waals surface area contributed by atoms with Crippen LogP contribution in [-0.4, -0.2) is 42.9 Å². The highest BCUT2D eigenvalue weighted by Gasteiger charge is 2.15. The lowest BCUT2D eigenvalue weighted by Crippen LogP contribution is -2.14. The van der Waals surface area contributed by atoms with Crippen LogP contribution in [0.1, 0.15) is 39.3 Å². The maximum absolute atomic E-state index is 5.56. The number of hydrogen-bond acceptors (Lipinski definition) is 7. The molecule has 0 unspecified atom stereocenters. The Kier molecular flexibility index (Phi) is 4.66. The van der Waals surface area contributed by atoms with Gasteiger partial charge in [-0.25, -0.2) is 4.98 Å². The molecule has 114 valence electrons. The molecule has 1 N–H and O–H groups in total. The fraction of sp³-hybridized carbons (Fsp3) is 0.615. The standard InChI is InChI=1S/C13H21N7O/c1-6-9-15-10(7-2)20(19-9)12-16-11(14-5)17-13(18-12)21-8(3)4/h8H,6-7H2,1-5H3,(H,14,16,17,18). The molecule has 0 saturated heterocycles. The zero-order valence-corrected chi connectivity index (χ0v) is 13.1. The molecule has 0 amide bonds. The monoisotopic (exact) mass is 291 g/mol. The van der Waals surface area contributed by atoms with E-state index in [1.165, 1.54) is 0 Å². The van der Waals surface area contributed by atoms with Crippen molar-refractivity contribution in [2.75, 3.05) is 12.4 Å². The van der Waals surface area contributed by atoms with Crippen molar-refractivity contribution in [2.24, 2.45) is 0 Å². The molecule has 2 aromatic heterocycles. The largest absolute Gasteiger partial charge is 0.461 e. The van der Waals surface area contributed by atoms with E-state index in [9.17, 15) is 0 Å². The van der Waals surface area contributed by atoms with Crippen molar-refractivity contribution in [2.45, 2.75) is 46.6 Å². The zero-order chi connectivity index (χ0) is 15.4. The minimum absolute atomic E-state index is 0.0162. The van der Waals surface area contributed by atoms with E-state index in [4.69, 9.17) is 4.74 Å². The van der Waals surface area contributed by atoms with Crippen LogP contribution in [0, 0.1) is 0 Å². The van der Waals surface area contributed by atoms with Gasteiger partial charge in [-0.15, -0.1) is 5.10 Å². The van der Waals surface area contributed by atoms with Gasteiger partial charge in [0.15, 0.2) is 5.82 Å². The number of ether oxygens (including phenoxy) is 1. The average molecular weight is 291 g/mol. The molecule has 2 rings (SSSR count). The van der Waals surface area contributed by atoms with Crippen molar-refractivity contribution in [3.05, 3.63) is 11.6 Å². The Morgan fingerprint density at radius 1 is 1.10 bits per heavy atom. The summed E-state index contributed by atoms with van der Waals surface area (Å²) in [5.74, 6) is 2.43. The summed E-state index contributed by atoms with van der Waals surface area (Å²) in [5, 5.41) is 7.34. The number of aryl methyl sites for hydroxylation is 2. The number of anilines is 1. The second-order valence-corrected chi connectivity index (χ2v) is 4.72. The predicted octanol–water partition coefficient (Wildman–Crippen LogP) is 1.41. The van der Waals surface area contributed by atoms with Crippen LogP contribution in [0.2, 0.25) is 0 Å². The first-order valence-electron chi connectivity index (χ1n) is 7.13. The van der Waals surface area contributed by atoms with Gasteiger partial charge >= 0.3 is 6.01 Å². The molecule has 0 aliphatic heterocycles. The molecule has 2 aromatic rings. The summed E-state index contributed by atoms with van der Waals surface area (Å²) in [6.45, 7) is 7.87. The molecule has 0 bridgehead atoms. The van der Waals surface area contributed by atoms with E-state index in [1.807, 2.05) is 27.7 Å². The Morgan fingerprint density at radius 3 is 2.43 bits per heavy atom. The SMILES string of the molecule is CCc1nc(CC)n(-c2nc(NC)nc(OC(C)C)n2)n1. The minimum Gasteiger partial charge on any atom is -0.461 e. The van der Waals surface area contributed by atoms with Gasteiger partial charge in [0.05, 0.1) is 6.10 Å². The normalized spacial score (nSPS) is 11.0. The van der Waals surface area contributed by atoms with Crippen LogP contribution >= 0.6 is 0 Å². The Labute approximate surface area is 124 Å². The lowest BCUT2D eigenvalue weighted by molar-refractivity contribution is 0.221. The number of aromatic nitrogens is 6. The second-order valence-electron chi connectivity index (χ2n) is 4.72. The van der Waals surface area contributed by atoms with Gasteiger partial charge in [0, 0.05) is 19.9 Å². The Morgan fingerprint density at radius 2 is 1.86 bits per heavy atom. The molecule has 2 heterocycles. The van der Waals surface area contributed by atoms with Gasteiger partial charge in [-0.05, 0) is 13.8 Å². The van der Waals surface area contributed by atoms with Crippen LogP contribution < -0.4 is 10.1 Å². The summed E-state index contributed by atoms with van der Waals surface area (Å²) in [4.78, 5) is 17.3. The fourth-order valence-corrected chi connectivity index (χ4v) is 1.75. The fourth-order valence-electron chi connectivity index (χ4n) is 1.75.